The lowest BCUT2D eigenvalue weighted by Gasteiger charge is -2.36. The Kier molecular flexibility index (Phi) is 7.66. The summed E-state index contributed by atoms with van der Waals surface area (Å²) < 4.78 is 44.0. The zero-order chi connectivity index (χ0) is 15.7. The predicted molar refractivity (Wildman–Crippen MR) is 92.4 cm³/mol. The van der Waals surface area contributed by atoms with E-state index in [0.717, 1.165) is 50.7 Å². The first kappa shape index (κ1) is 21.4. The van der Waals surface area contributed by atoms with Crippen LogP contribution in [0.3, 0.4) is 0 Å². The van der Waals surface area contributed by atoms with E-state index >= 15 is 0 Å². The Morgan fingerprint density at radius 1 is 1.17 bits per heavy atom. The molecule has 1 N–H and O–H groups in total. The molecule has 8 heteroatoms. The van der Waals surface area contributed by atoms with Gasteiger partial charge in [0.1, 0.15) is 5.75 Å². The van der Waals surface area contributed by atoms with E-state index < -0.39 is 11.7 Å². The Bertz CT molecular complexity index is 533. The summed E-state index contributed by atoms with van der Waals surface area (Å²) in [5.74, 6) is 0.883. The second-order valence-corrected chi connectivity index (χ2v) is 6.02. The van der Waals surface area contributed by atoms with E-state index in [1.54, 1.807) is 6.07 Å². The van der Waals surface area contributed by atoms with Gasteiger partial charge in [0.25, 0.3) is 0 Å². The smallest absolute Gasteiger partial charge is 0.416 e. The second kappa shape index (κ2) is 8.61. The van der Waals surface area contributed by atoms with Crippen LogP contribution in [0.25, 0.3) is 0 Å². The molecule has 3 rings (SSSR count). The summed E-state index contributed by atoms with van der Waals surface area (Å²) in [6.07, 6.45) is -2.06. The number of benzene rings is 1. The molecule has 1 saturated carbocycles. The van der Waals surface area contributed by atoms with Crippen molar-refractivity contribution in [1.82, 2.24) is 10.2 Å². The molecule has 24 heavy (non-hydrogen) atoms. The van der Waals surface area contributed by atoms with Gasteiger partial charge in [0.2, 0.25) is 0 Å². The summed E-state index contributed by atoms with van der Waals surface area (Å²) in [6, 6.07) is 4.08. The number of nitrogens with one attached hydrogen (secondary N) is 1. The highest BCUT2D eigenvalue weighted by Crippen LogP contribution is 2.47. The van der Waals surface area contributed by atoms with Gasteiger partial charge in [0.15, 0.2) is 0 Å². The van der Waals surface area contributed by atoms with Crippen LogP contribution in [0, 0.1) is 5.92 Å². The zero-order valence-electron chi connectivity index (χ0n) is 13.4. The molecular weight excluding hydrogens is 364 g/mol. The first-order valence-corrected chi connectivity index (χ1v) is 7.70. The van der Waals surface area contributed by atoms with E-state index in [1.807, 2.05) is 0 Å². The standard InChI is InChI=1S/C16H21F3N2O.2ClH/c1-22-14-10-12(16(17,18)19)4-5-13(14)15(11-2-3-11)21-8-6-20-7-9-21;;/h4-5,10-11,15,20H,2-3,6-9H2,1H3;2*1H/t15-;;/m1../s1. The number of ether oxygens (including phenoxy) is 1. The van der Waals surface area contributed by atoms with E-state index in [9.17, 15) is 13.2 Å². The Balaban J connectivity index is 0.00000144. The lowest BCUT2D eigenvalue weighted by atomic mass is 9.97. The van der Waals surface area contributed by atoms with Crippen molar-refractivity contribution < 1.29 is 17.9 Å². The third kappa shape index (κ3) is 4.69. The minimum atomic E-state index is -4.34. The largest absolute Gasteiger partial charge is 0.496 e. The quantitative estimate of drug-likeness (QED) is 0.848. The first-order chi connectivity index (χ1) is 10.5. The van der Waals surface area contributed by atoms with Gasteiger partial charge in [-0.2, -0.15) is 13.2 Å². The fourth-order valence-electron chi connectivity index (χ4n) is 3.25. The van der Waals surface area contributed by atoms with Crippen LogP contribution in [0.5, 0.6) is 5.75 Å². The molecule has 0 aromatic heterocycles. The molecular formula is C16H23Cl2F3N2O. The molecule has 0 unspecified atom stereocenters. The number of hydrogen-bond donors (Lipinski definition) is 1. The van der Waals surface area contributed by atoms with Gasteiger partial charge < -0.3 is 10.1 Å². The molecule has 2 aliphatic rings. The van der Waals surface area contributed by atoms with E-state index in [2.05, 4.69) is 10.2 Å². The highest BCUT2D eigenvalue weighted by molar-refractivity contribution is 5.85. The fraction of sp³-hybridized carbons (Fsp3) is 0.625. The van der Waals surface area contributed by atoms with Gasteiger partial charge in [-0.05, 0) is 30.9 Å². The molecule has 1 aliphatic heterocycles. The van der Waals surface area contributed by atoms with Gasteiger partial charge in [0, 0.05) is 37.8 Å². The van der Waals surface area contributed by atoms with Crippen LogP contribution in [0.15, 0.2) is 18.2 Å². The molecule has 0 amide bonds. The van der Waals surface area contributed by atoms with Crippen molar-refractivity contribution in [2.45, 2.75) is 25.1 Å². The van der Waals surface area contributed by atoms with Crippen molar-refractivity contribution in [3.05, 3.63) is 29.3 Å². The van der Waals surface area contributed by atoms with Crippen LogP contribution < -0.4 is 10.1 Å². The normalized spacial score (nSPS) is 19.8. The van der Waals surface area contributed by atoms with Gasteiger partial charge in [-0.1, -0.05) is 6.07 Å². The van der Waals surface area contributed by atoms with Crippen molar-refractivity contribution in [3.8, 4) is 5.75 Å². The SMILES string of the molecule is COc1cc(C(F)(F)F)ccc1[C@@H](C1CC1)N1CCNCC1.Cl.Cl. The van der Waals surface area contributed by atoms with E-state index in [1.165, 1.54) is 13.2 Å². The first-order valence-electron chi connectivity index (χ1n) is 7.70. The Labute approximate surface area is 152 Å². The van der Waals surface area contributed by atoms with Crippen molar-refractivity contribution in [2.24, 2.45) is 5.92 Å². The van der Waals surface area contributed by atoms with Crippen LogP contribution in [0.4, 0.5) is 13.2 Å². The highest BCUT2D eigenvalue weighted by Gasteiger charge is 2.39. The minimum Gasteiger partial charge on any atom is -0.496 e. The molecule has 1 aromatic rings. The second-order valence-electron chi connectivity index (χ2n) is 6.02. The van der Waals surface area contributed by atoms with Crippen molar-refractivity contribution >= 4 is 24.8 Å². The van der Waals surface area contributed by atoms with Crippen LogP contribution in [-0.4, -0.2) is 38.2 Å². The van der Waals surface area contributed by atoms with Crippen molar-refractivity contribution in [2.75, 3.05) is 33.3 Å². The van der Waals surface area contributed by atoms with Gasteiger partial charge in [-0.3, -0.25) is 4.90 Å². The summed E-state index contributed by atoms with van der Waals surface area (Å²) >= 11 is 0. The molecule has 0 radical (unpaired) electrons. The monoisotopic (exact) mass is 386 g/mol. The third-order valence-corrected chi connectivity index (χ3v) is 4.49. The topological polar surface area (TPSA) is 24.5 Å². The zero-order valence-corrected chi connectivity index (χ0v) is 15.1. The number of halogens is 5. The molecule has 1 aromatic carbocycles. The molecule has 1 heterocycles. The summed E-state index contributed by atoms with van der Waals surface area (Å²) in [5.41, 5.74) is 0.239. The minimum absolute atomic E-state index is 0. The van der Waals surface area contributed by atoms with Crippen LogP contribution in [0.1, 0.15) is 30.0 Å². The average Bonchev–Trinajstić information content (AvgIpc) is 3.32. The molecule has 1 atom stereocenters. The molecule has 3 nitrogen and oxygen atoms in total. The number of hydrogen-bond acceptors (Lipinski definition) is 3. The number of methoxy groups -OCH3 is 1. The van der Waals surface area contributed by atoms with Crippen LogP contribution in [-0.2, 0) is 6.18 Å². The summed E-state index contributed by atoms with van der Waals surface area (Å²) in [4.78, 5) is 2.37. The van der Waals surface area contributed by atoms with Crippen molar-refractivity contribution in [3.63, 3.8) is 0 Å². The van der Waals surface area contributed by atoms with E-state index in [0.29, 0.717) is 11.7 Å². The predicted octanol–water partition coefficient (Wildman–Crippen LogP) is 3.91. The van der Waals surface area contributed by atoms with Crippen molar-refractivity contribution in [1.29, 1.82) is 0 Å². The summed E-state index contributed by atoms with van der Waals surface area (Å²) in [7, 11) is 1.45. The van der Waals surface area contributed by atoms with Crippen LogP contribution in [0.2, 0.25) is 0 Å². The lowest BCUT2D eigenvalue weighted by molar-refractivity contribution is -0.137. The Morgan fingerprint density at radius 3 is 2.29 bits per heavy atom. The molecule has 1 saturated heterocycles. The molecule has 0 bridgehead atoms. The number of rotatable bonds is 4. The Hall–Kier alpha value is -0.690. The maximum absolute atomic E-state index is 12.9. The maximum Gasteiger partial charge on any atom is 0.416 e. The van der Waals surface area contributed by atoms with Gasteiger partial charge in [-0.15, -0.1) is 24.8 Å². The Morgan fingerprint density at radius 2 is 1.79 bits per heavy atom. The fourth-order valence-corrected chi connectivity index (χ4v) is 3.25. The molecule has 2 fully saturated rings. The highest BCUT2D eigenvalue weighted by atomic mass is 35.5. The molecule has 1 aliphatic carbocycles. The van der Waals surface area contributed by atoms with Gasteiger partial charge in [0.05, 0.1) is 12.7 Å². The van der Waals surface area contributed by atoms with Gasteiger partial charge in [-0.25, -0.2) is 0 Å². The lowest BCUT2D eigenvalue weighted by Crippen LogP contribution is -2.45. The van der Waals surface area contributed by atoms with E-state index in [4.69, 9.17) is 4.74 Å². The summed E-state index contributed by atoms with van der Waals surface area (Å²) in [5, 5.41) is 3.32. The molecule has 0 spiro atoms. The van der Waals surface area contributed by atoms with Gasteiger partial charge >= 0.3 is 6.18 Å². The number of nitrogens with zero attached hydrogens (tertiary/aromatic N) is 1. The average molecular weight is 387 g/mol. The number of alkyl halides is 3. The van der Waals surface area contributed by atoms with E-state index in [-0.39, 0.29) is 30.9 Å². The maximum atomic E-state index is 12.9. The molecule has 138 valence electrons. The number of piperazine rings is 1. The summed E-state index contributed by atoms with van der Waals surface area (Å²) in [6.45, 7) is 3.69. The van der Waals surface area contributed by atoms with Crippen LogP contribution >= 0.6 is 24.8 Å². The third-order valence-electron chi connectivity index (χ3n) is 4.49.